The van der Waals surface area contributed by atoms with Gasteiger partial charge in [-0.05, 0) is 6.07 Å². The van der Waals surface area contributed by atoms with E-state index >= 15 is 0 Å². The van der Waals surface area contributed by atoms with Crippen molar-refractivity contribution in [2.24, 2.45) is 0 Å². The Morgan fingerprint density at radius 3 is 2.62 bits per heavy atom. The van der Waals surface area contributed by atoms with Crippen molar-refractivity contribution >= 4 is 62.0 Å². The summed E-state index contributed by atoms with van der Waals surface area (Å²) >= 11 is 13.8. The summed E-state index contributed by atoms with van der Waals surface area (Å²) in [5.41, 5.74) is 5.69. The summed E-state index contributed by atoms with van der Waals surface area (Å²) in [6.45, 7) is 0. The van der Waals surface area contributed by atoms with Gasteiger partial charge in [-0.15, -0.1) is 21.5 Å². The van der Waals surface area contributed by atoms with Crippen molar-refractivity contribution < 1.29 is 4.79 Å². The van der Waals surface area contributed by atoms with Crippen LogP contribution in [0.3, 0.4) is 0 Å². The van der Waals surface area contributed by atoms with Crippen molar-refractivity contribution in [3.05, 3.63) is 20.3 Å². The van der Waals surface area contributed by atoms with Gasteiger partial charge in [-0.2, -0.15) is 0 Å². The van der Waals surface area contributed by atoms with E-state index in [2.05, 4.69) is 15.5 Å². The molecular formula is C7H4Cl2N4OS2. The molecule has 2 aromatic heterocycles. The number of nitrogen functional groups attached to an aromatic ring is 1. The van der Waals surface area contributed by atoms with Crippen LogP contribution < -0.4 is 11.1 Å². The van der Waals surface area contributed by atoms with E-state index < -0.39 is 0 Å². The lowest BCUT2D eigenvalue weighted by molar-refractivity contribution is 0.102. The molecule has 2 heterocycles. The van der Waals surface area contributed by atoms with Crippen LogP contribution in [0.4, 0.5) is 10.3 Å². The molecular weight excluding hydrogens is 291 g/mol. The summed E-state index contributed by atoms with van der Waals surface area (Å²) in [4.78, 5) is 11.7. The second-order valence-corrected chi connectivity index (χ2v) is 5.93. The maximum atomic E-state index is 11.7. The van der Waals surface area contributed by atoms with E-state index in [0.29, 0.717) is 19.4 Å². The molecule has 3 N–H and O–H groups in total. The maximum absolute atomic E-state index is 11.7. The number of aromatic nitrogens is 2. The Morgan fingerprint density at radius 1 is 1.38 bits per heavy atom. The molecule has 0 spiro atoms. The van der Waals surface area contributed by atoms with Crippen molar-refractivity contribution in [2.45, 2.75) is 0 Å². The molecule has 0 saturated carbocycles. The standard InChI is InChI=1S/C7H4Cl2N4OS2/c8-3-1-2(4(9)15-3)5(14)11-7-13-12-6(10)16-7/h1H,(H2,10,12)(H,11,13,14). The number of thiophene rings is 1. The Hall–Kier alpha value is -0.890. The molecule has 1 amide bonds. The number of amides is 1. The smallest absolute Gasteiger partial charge is 0.259 e. The maximum Gasteiger partial charge on any atom is 0.259 e. The molecule has 84 valence electrons. The monoisotopic (exact) mass is 294 g/mol. The number of carbonyl (C=O) groups excluding carboxylic acids is 1. The van der Waals surface area contributed by atoms with Crippen molar-refractivity contribution in [3.8, 4) is 0 Å². The minimum atomic E-state index is -0.385. The van der Waals surface area contributed by atoms with Crippen LogP contribution in [-0.2, 0) is 0 Å². The largest absolute Gasteiger partial charge is 0.374 e. The summed E-state index contributed by atoms with van der Waals surface area (Å²) in [6, 6.07) is 1.49. The molecule has 2 rings (SSSR count). The number of carbonyl (C=O) groups is 1. The van der Waals surface area contributed by atoms with E-state index in [-0.39, 0.29) is 11.0 Å². The summed E-state index contributed by atoms with van der Waals surface area (Å²) in [7, 11) is 0. The molecule has 0 radical (unpaired) electrons. The molecule has 5 nitrogen and oxygen atoms in total. The zero-order valence-corrected chi connectivity index (χ0v) is 10.7. The van der Waals surface area contributed by atoms with Gasteiger partial charge in [0.15, 0.2) is 0 Å². The van der Waals surface area contributed by atoms with Gasteiger partial charge in [-0.25, -0.2) is 0 Å². The first kappa shape index (κ1) is 11.6. The third-order valence-electron chi connectivity index (χ3n) is 1.56. The first-order chi connectivity index (χ1) is 7.56. The Bertz CT molecular complexity index is 538. The number of nitrogens with zero attached hydrogens (tertiary/aromatic N) is 2. The third-order valence-corrected chi connectivity index (χ3v) is 3.72. The van der Waals surface area contributed by atoms with Gasteiger partial charge in [0, 0.05) is 0 Å². The number of anilines is 2. The molecule has 0 aliphatic carbocycles. The van der Waals surface area contributed by atoms with Crippen molar-refractivity contribution in [2.75, 3.05) is 11.1 Å². The fourth-order valence-corrected chi connectivity index (χ4v) is 2.91. The predicted octanol–water partition coefficient (Wildman–Crippen LogP) is 2.74. The molecule has 2 aromatic rings. The SMILES string of the molecule is Nc1nnc(NC(=O)c2cc(Cl)sc2Cl)s1. The second-order valence-electron chi connectivity index (χ2n) is 2.64. The average molecular weight is 295 g/mol. The van der Waals surface area contributed by atoms with Crippen LogP contribution in [0.5, 0.6) is 0 Å². The van der Waals surface area contributed by atoms with E-state index in [1.54, 1.807) is 0 Å². The van der Waals surface area contributed by atoms with Gasteiger partial charge in [0.25, 0.3) is 5.91 Å². The van der Waals surface area contributed by atoms with Gasteiger partial charge in [0.05, 0.1) is 9.90 Å². The zero-order chi connectivity index (χ0) is 11.7. The van der Waals surface area contributed by atoms with Gasteiger partial charge in [0.1, 0.15) is 4.34 Å². The zero-order valence-electron chi connectivity index (χ0n) is 7.53. The second kappa shape index (κ2) is 4.54. The number of rotatable bonds is 2. The van der Waals surface area contributed by atoms with Crippen molar-refractivity contribution in [1.29, 1.82) is 0 Å². The third kappa shape index (κ3) is 2.43. The van der Waals surface area contributed by atoms with Crippen LogP contribution in [0.1, 0.15) is 10.4 Å². The van der Waals surface area contributed by atoms with Crippen LogP contribution in [0.25, 0.3) is 0 Å². The highest BCUT2D eigenvalue weighted by Crippen LogP contribution is 2.31. The topological polar surface area (TPSA) is 80.9 Å². The highest BCUT2D eigenvalue weighted by Gasteiger charge is 2.15. The molecule has 0 aromatic carbocycles. The molecule has 0 unspecified atom stereocenters. The first-order valence-corrected chi connectivity index (χ1v) is 6.30. The first-order valence-electron chi connectivity index (χ1n) is 3.91. The Morgan fingerprint density at radius 2 is 2.12 bits per heavy atom. The summed E-state index contributed by atoms with van der Waals surface area (Å²) in [5, 5.41) is 10.3. The lowest BCUT2D eigenvalue weighted by Crippen LogP contribution is -2.11. The number of halogens is 2. The summed E-state index contributed by atoms with van der Waals surface area (Å²) < 4.78 is 0.784. The van der Waals surface area contributed by atoms with Gasteiger partial charge >= 0.3 is 0 Å². The minimum absolute atomic E-state index is 0.282. The molecule has 0 aliphatic rings. The normalized spacial score (nSPS) is 10.4. The Kier molecular flexibility index (Phi) is 3.29. The number of hydrogen-bond acceptors (Lipinski definition) is 6. The van der Waals surface area contributed by atoms with Crippen LogP contribution in [0.15, 0.2) is 6.07 Å². The minimum Gasteiger partial charge on any atom is -0.374 e. The Balaban J connectivity index is 2.17. The lowest BCUT2D eigenvalue weighted by atomic mass is 10.3. The number of nitrogens with one attached hydrogen (secondary N) is 1. The highest BCUT2D eigenvalue weighted by molar-refractivity contribution is 7.20. The van der Waals surface area contributed by atoms with E-state index in [1.165, 1.54) is 6.07 Å². The molecule has 0 atom stereocenters. The highest BCUT2D eigenvalue weighted by atomic mass is 35.5. The fraction of sp³-hybridized carbons (Fsp3) is 0. The van der Waals surface area contributed by atoms with E-state index in [0.717, 1.165) is 22.7 Å². The van der Waals surface area contributed by atoms with Crippen LogP contribution >= 0.6 is 45.9 Å². The van der Waals surface area contributed by atoms with Crippen LogP contribution in [0.2, 0.25) is 8.67 Å². The molecule has 0 bridgehead atoms. The van der Waals surface area contributed by atoms with Crippen molar-refractivity contribution in [1.82, 2.24) is 10.2 Å². The van der Waals surface area contributed by atoms with Gasteiger partial charge in [0.2, 0.25) is 10.3 Å². The number of hydrogen-bond donors (Lipinski definition) is 2. The van der Waals surface area contributed by atoms with Gasteiger partial charge in [-0.1, -0.05) is 34.5 Å². The fourth-order valence-electron chi connectivity index (χ4n) is 0.945. The quantitative estimate of drug-likeness (QED) is 0.892. The molecule has 0 aliphatic heterocycles. The van der Waals surface area contributed by atoms with Crippen LogP contribution in [0, 0.1) is 0 Å². The van der Waals surface area contributed by atoms with Crippen molar-refractivity contribution in [3.63, 3.8) is 0 Å². The average Bonchev–Trinajstić information content (AvgIpc) is 2.73. The molecule has 0 fully saturated rings. The van der Waals surface area contributed by atoms with E-state index in [1.807, 2.05) is 0 Å². The van der Waals surface area contributed by atoms with E-state index in [4.69, 9.17) is 28.9 Å². The summed E-state index contributed by atoms with van der Waals surface area (Å²) in [6.07, 6.45) is 0. The molecule has 9 heteroatoms. The van der Waals surface area contributed by atoms with Gasteiger partial charge in [-0.3, -0.25) is 10.1 Å². The van der Waals surface area contributed by atoms with Crippen LogP contribution in [-0.4, -0.2) is 16.1 Å². The predicted molar refractivity (Wildman–Crippen MR) is 66.6 cm³/mol. The molecule has 16 heavy (non-hydrogen) atoms. The van der Waals surface area contributed by atoms with Gasteiger partial charge < -0.3 is 5.73 Å². The lowest BCUT2D eigenvalue weighted by Gasteiger charge is -1.97. The Labute approximate surface area is 108 Å². The summed E-state index contributed by atoms with van der Waals surface area (Å²) in [5.74, 6) is -0.385. The van der Waals surface area contributed by atoms with E-state index in [9.17, 15) is 4.79 Å². The molecule has 0 saturated heterocycles. The number of nitrogens with two attached hydrogens (primary N) is 1.